The molecule has 144 valence electrons. The van der Waals surface area contributed by atoms with Gasteiger partial charge in [-0.1, -0.05) is 25.4 Å². The molecule has 0 aliphatic heterocycles. The van der Waals surface area contributed by atoms with Crippen LogP contribution in [0.25, 0.3) is 0 Å². The molecule has 7 heteroatoms. The highest BCUT2D eigenvalue weighted by Gasteiger charge is 2.09. The van der Waals surface area contributed by atoms with Crippen LogP contribution in [0.3, 0.4) is 0 Å². The van der Waals surface area contributed by atoms with Gasteiger partial charge in [-0.3, -0.25) is 5.43 Å². The highest BCUT2D eigenvalue weighted by atomic mass is 35.5. The lowest BCUT2D eigenvalue weighted by atomic mass is 10.1. The predicted octanol–water partition coefficient (Wildman–Crippen LogP) is 4.92. The molecule has 0 aliphatic carbocycles. The summed E-state index contributed by atoms with van der Waals surface area (Å²) in [6.45, 7) is 4.92. The number of anilines is 1. The fourth-order valence-corrected chi connectivity index (χ4v) is 2.43. The van der Waals surface area contributed by atoms with Crippen LogP contribution in [0.5, 0.6) is 11.5 Å². The molecule has 0 atom stereocenters. The number of nitrogens with zero attached hydrogens (tertiary/aromatic N) is 1. The van der Waals surface area contributed by atoms with E-state index in [-0.39, 0.29) is 10.6 Å². The molecule has 2 rings (SSSR count). The van der Waals surface area contributed by atoms with Crippen molar-refractivity contribution >= 4 is 29.5 Å². The summed E-state index contributed by atoms with van der Waals surface area (Å²) in [4.78, 5) is 11.1. The fourth-order valence-electron chi connectivity index (χ4n) is 2.23. The number of aromatic carboxylic acids is 1. The number of methoxy groups -OCH3 is 1. The second kappa shape index (κ2) is 9.83. The standard InChI is InChI=1S/C20H23ClN2O4/c1-13(2)8-9-27-18-7-4-14(10-19(18)26-3)12-22-23-15-5-6-17(21)16(11-15)20(24)25/h4-7,10-13,23H,8-9H2,1-3H3,(H,24,25)/b22-12-. The average molecular weight is 391 g/mol. The smallest absolute Gasteiger partial charge is 0.337 e. The quantitative estimate of drug-likeness (QED) is 0.469. The van der Waals surface area contributed by atoms with Crippen molar-refractivity contribution in [3.63, 3.8) is 0 Å². The summed E-state index contributed by atoms with van der Waals surface area (Å²) in [5.41, 5.74) is 4.14. The normalized spacial score (nSPS) is 11.0. The Bertz CT molecular complexity index is 822. The first-order valence-corrected chi connectivity index (χ1v) is 8.91. The Kier molecular flexibility index (Phi) is 7.49. The Morgan fingerprint density at radius 1 is 1.26 bits per heavy atom. The topological polar surface area (TPSA) is 80.2 Å². The van der Waals surface area contributed by atoms with Crippen LogP contribution in [-0.4, -0.2) is 31.0 Å². The van der Waals surface area contributed by atoms with Crippen molar-refractivity contribution in [2.45, 2.75) is 20.3 Å². The van der Waals surface area contributed by atoms with Crippen molar-refractivity contribution < 1.29 is 19.4 Å². The molecule has 0 bridgehead atoms. The minimum Gasteiger partial charge on any atom is -0.493 e. The zero-order valence-corrected chi connectivity index (χ0v) is 16.3. The van der Waals surface area contributed by atoms with Crippen LogP contribution in [0, 0.1) is 5.92 Å². The molecule has 2 aromatic rings. The Morgan fingerprint density at radius 3 is 2.70 bits per heavy atom. The molecule has 0 spiro atoms. The number of hydrogen-bond donors (Lipinski definition) is 2. The number of ether oxygens (including phenoxy) is 2. The van der Waals surface area contributed by atoms with Gasteiger partial charge in [-0.05, 0) is 54.3 Å². The Hall–Kier alpha value is -2.73. The van der Waals surface area contributed by atoms with Gasteiger partial charge < -0.3 is 14.6 Å². The van der Waals surface area contributed by atoms with E-state index in [1.165, 1.54) is 12.1 Å². The van der Waals surface area contributed by atoms with Crippen molar-refractivity contribution in [2.24, 2.45) is 11.0 Å². The number of benzene rings is 2. The number of carboxylic acids is 1. The van der Waals surface area contributed by atoms with E-state index in [2.05, 4.69) is 24.4 Å². The molecule has 0 aliphatic rings. The number of nitrogens with one attached hydrogen (secondary N) is 1. The van der Waals surface area contributed by atoms with Gasteiger partial charge in [-0.15, -0.1) is 0 Å². The summed E-state index contributed by atoms with van der Waals surface area (Å²) < 4.78 is 11.1. The Morgan fingerprint density at radius 2 is 2.04 bits per heavy atom. The maximum Gasteiger partial charge on any atom is 0.337 e. The van der Waals surface area contributed by atoms with Crippen LogP contribution in [0.4, 0.5) is 5.69 Å². The highest BCUT2D eigenvalue weighted by Crippen LogP contribution is 2.28. The van der Waals surface area contributed by atoms with E-state index in [0.717, 1.165) is 12.0 Å². The second-order valence-corrected chi connectivity index (χ2v) is 6.72. The van der Waals surface area contributed by atoms with Crippen molar-refractivity contribution in [3.8, 4) is 11.5 Å². The third-order valence-corrected chi connectivity index (χ3v) is 4.07. The first kappa shape index (κ1) is 20.6. The molecular formula is C20H23ClN2O4. The van der Waals surface area contributed by atoms with Crippen LogP contribution in [0.1, 0.15) is 36.2 Å². The molecule has 2 aromatic carbocycles. The summed E-state index contributed by atoms with van der Waals surface area (Å²) in [6.07, 6.45) is 2.57. The van der Waals surface area contributed by atoms with Gasteiger partial charge in [0.2, 0.25) is 0 Å². The molecule has 27 heavy (non-hydrogen) atoms. The average Bonchev–Trinajstić information content (AvgIpc) is 2.63. The monoisotopic (exact) mass is 390 g/mol. The third kappa shape index (κ3) is 6.18. The number of hydrazone groups is 1. The van der Waals surface area contributed by atoms with E-state index in [0.29, 0.717) is 29.7 Å². The minimum atomic E-state index is -1.09. The van der Waals surface area contributed by atoms with Gasteiger partial charge in [0, 0.05) is 0 Å². The van der Waals surface area contributed by atoms with Gasteiger partial charge in [0.25, 0.3) is 0 Å². The van der Waals surface area contributed by atoms with Gasteiger partial charge in [0.05, 0.1) is 36.2 Å². The zero-order valence-electron chi connectivity index (χ0n) is 15.5. The molecule has 0 amide bonds. The van der Waals surface area contributed by atoms with Gasteiger partial charge >= 0.3 is 5.97 Å². The Labute approximate surface area is 163 Å². The van der Waals surface area contributed by atoms with Crippen LogP contribution < -0.4 is 14.9 Å². The van der Waals surface area contributed by atoms with Crippen molar-refractivity contribution in [1.82, 2.24) is 0 Å². The second-order valence-electron chi connectivity index (χ2n) is 6.31. The molecule has 2 N–H and O–H groups in total. The highest BCUT2D eigenvalue weighted by molar-refractivity contribution is 6.33. The molecule has 0 fully saturated rings. The van der Waals surface area contributed by atoms with E-state index in [1.54, 1.807) is 19.4 Å². The van der Waals surface area contributed by atoms with Gasteiger partial charge in [0.1, 0.15) is 0 Å². The molecule has 0 saturated carbocycles. The zero-order chi connectivity index (χ0) is 19.8. The summed E-state index contributed by atoms with van der Waals surface area (Å²) >= 11 is 5.85. The van der Waals surface area contributed by atoms with Crippen molar-refractivity contribution in [3.05, 3.63) is 52.5 Å². The number of carboxylic acid groups (broad SMARTS) is 1. The lowest BCUT2D eigenvalue weighted by Crippen LogP contribution is -2.03. The van der Waals surface area contributed by atoms with Gasteiger partial charge in [0.15, 0.2) is 11.5 Å². The molecule has 6 nitrogen and oxygen atoms in total. The molecule has 0 heterocycles. The molecule has 0 saturated heterocycles. The number of rotatable bonds is 9. The molecule has 0 aromatic heterocycles. The summed E-state index contributed by atoms with van der Waals surface area (Å²) in [6, 6.07) is 10.1. The van der Waals surface area contributed by atoms with E-state index in [9.17, 15) is 4.79 Å². The number of hydrogen-bond acceptors (Lipinski definition) is 5. The first-order chi connectivity index (χ1) is 12.9. The van der Waals surface area contributed by atoms with Gasteiger partial charge in [-0.25, -0.2) is 4.79 Å². The molecule has 0 unspecified atom stereocenters. The largest absolute Gasteiger partial charge is 0.493 e. The fraction of sp³-hybridized carbons (Fsp3) is 0.300. The van der Waals surface area contributed by atoms with Crippen LogP contribution in [0.15, 0.2) is 41.5 Å². The minimum absolute atomic E-state index is 0.0152. The molecule has 0 radical (unpaired) electrons. The van der Waals surface area contributed by atoms with E-state index >= 15 is 0 Å². The number of halogens is 1. The molecular weight excluding hydrogens is 368 g/mol. The van der Waals surface area contributed by atoms with Crippen molar-refractivity contribution in [2.75, 3.05) is 19.1 Å². The van der Waals surface area contributed by atoms with Gasteiger partial charge in [-0.2, -0.15) is 5.10 Å². The summed E-state index contributed by atoms with van der Waals surface area (Å²) in [5.74, 6) is 0.794. The maximum atomic E-state index is 11.1. The lowest BCUT2D eigenvalue weighted by Gasteiger charge is -2.12. The Balaban J connectivity index is 2.04. The third-order valence-electron chi connectivity index (χ3n) is 3.74. The van der Waals surface area contributed by atoms with Crippen LogP contribution in [-0.2, 0) is 0 Å². The van der Waals surface area contributed by atoms with Crippen molar-refractivity contribution in [1.29, 1.82) is 0 Å². The maximum absolute atomic E-state index is 11.1. The summed E-state index contributed by atoms with van der Waals surface area (Å²) in [7, 11) is 1.59. The summed E-state index contributed by atoms with van der Waals surface area (Å²) in [5, 5.41) is 13.4. The van der Waals surface area contributed by atoms with E-state index < -0.39 is 5.97 Å². The first-order valence-electron chi connectivity index (χ1n) is 8.53. The van der Waals surface area contributed by atoms with E-state index in [1.807, 2.05) is 18.2 Å². The SMILES string of the molecule is COc1cc(/C=N\Nc2ccc(Cl)c(C(=O)O)c2)ccc1OCCC(C)C. The van der Waals surface area contributed by atoms with E-state index in [4.69, 9.17) is 26.2 Å². The number of carbonyl (C=O) groups is 1. The van der Waals surface area contributed by atoms with Crippen LogP contribution in [0.2, 0.25) is 5.02 Å². The van der Waals surface area contributed by atoms with Crippen LogP contribution >= 0.6 is 11.6 Å². The lowest BCUT2D eigenvalue weighted by molar-refractivity contribution is 0.0697. The predicted molar refractivity (Wildman–Crippen MR) is 108 cm³/mol.